The molecule has 2 amide bonds. The molecule has 0 bridgehead atoms. The molecule has 0 unspecified atom stereocenters. The van der Waals surface area contributed by atoms with Gasteiger partial charge in [0.2, 0.25) is 5.91 Å². The van der Waals surface area contributed by atoms with Gasteiger partial charge in [0.1, 0.15) is 5.75 Å². The average Bonchev–Trinajstić information content (AvgIpc) is 2.60. The summed E-state index contributed by atoms with van der Waals surface area (Å²) in [6.45, 7) is 8.10. The Morgan fingerprint density at radius 1 is 1.19 bits per heavy atom. The Morgan fingerprint density at radius 2 is 1.74 bits per heavy atom. The van der Waals surface area contributed by atoms with Gasteiger partial charge in [0, 0.05) is 30.6 Å². The third kappa shape index (κ3) is 5.45. The molecule has 2 N–H and O–H groups in total. The number of nitrogens with zero attached hydrogens (tertiary/aromatic N) is 1. The van der Waals surface area contributed by atoms with Gasteiger partial charge in [0.15, 0.2) is 6.61 Å². The number of piperidine rings is 1. The SMILES string of the molecule is Cc1cc(C(=O)N2CCC(NC(=O)C(C)C)CC2)cc(C)c1OCC(=O)O. The van der Waals surface area contributed by atoms with Gasteiger partial charge in [-0.25, -0.2) is 4.79 Å². The molecule has 1 aliphatic rings. The lowest BCUT2D eigenvalue weighted by Gasteiger charge is -2.33. The first kappa shape index (κ1) is 20.7. The molecule has 1 saturated heterocycles. The first-order valence-electron chi connectivity index (χ1n) is 9.24. The monoisotopic (exact) mass is 376 g/mol. The Kier molecular flexibility index (Phi) is 6.82. The minimum atomic E-state index is -1.04. The van der Waals surface area contributed by atoms with Crippen molar-refractivity contribution in [3.8, 4) is 5.75 Å². The predicted octanol–water partition coefficient (Wildman–Crippen LogP) is 2.14. The lowest BCUT2D eigenvalue weighted by Crippen LogP contribution is -2.47. The normalized spacial score (nSPS) is 14.9. The summed E-state index contributed by atoms with van der Waals surface area (Å²) in [7, 11) is 0. The fourth-order valence-electron chi connectivity index (χ4n) is 3.21. The van der Waals surface area contributed by atoms with Gasteiger partial charge in [-0.1, -0.05) is 13.8 Å². The number of likely N-dealkylation sites (tertiary alicyclic amines) is 1. The number of rotatable bonds is 6. The van der Waals surface area contributed by atoms with Crippen LogP contribution in [-0.2, 0) is 9.59 Å². The van der Waals surface area contributed by atoms with Gasteiger partial charge >= 0.3 is 5.97 Å². The van der Waals surface area contributed by atoms with Gasteiger partial charge in [-0.05, 0) is 49.9 Å². The van der Waals surface area contributed by atoms with Crippen molar-refractivity contribution in [3.63, 3.8) is 0 Å². The van der Waals surface area contributed by atoms with Crippen molar-refractivity contribution in [1.82, 2.24) is 10.2 Å². The average molecular weight is 376 g/mol. The lowest BCUT2D eigenvalue weighted by molar-refractivity contribution is -0.139. The minimum absolute atomic E-state index is 0.0440. The number of hydrogen-bond acceptors (Lipinski definition) is 4. The maximum Gasteiger partial charge on any atom is 0.341 e. The molecular formula is C20H28N2O5. The molecular weight excluding hydrogens is 348 g/mol. The standard InChI is InChI=1S/C20H28N2O5/c1-12(2)19(25)21-16-5-7-22(8-6-16)20(26)15-9-13(3)18(14(4)10-15)27-11-17(23)24/h9-10,12,16H,5-8,11H2,1-4H3,(H,21,25)(H,23,24). The van der Waals surface area contributed by atoms with Gasteiger partial charge in [-0.3, -0.25) is 9.59 Å². The zero-order chi connectivity index (χ0) is 20.1. The lowest BCUT2D eigenvalue weighted by atomic mass is 10.0. The summed E-state index contributed by atoms with van der Waals surface area (Å²) in [6.07, 6.45) is 1.48. The van der Waals surface area contributed by atoms with Gasteiger partial charge in [-0.15, -0.1) is 0 Å². The van der Waals surface area contributed by atoms with Gasteiger partial charge in [0.25, 0.3) is 5.91 Å². The number of nitrogens with one attached hydrogen (secondary N) is 1. The second-order valence-electron chi connectivity index (χ2n) is 7.35. The highest BCUT2D eigenvalue weighted by Gasteiger charge is 2.25. The fraction of sp³-hybridized carbons (Fsp3) is 0.550. The van der Waals surface area contributed by atoms with E-state index >= 15 is 0 Å². The maximum absolute atomic E-state index is 12.8. The van der Waals surface area contributed by atoms with Crippen LogP contribution in [-0.4, -0.2) is 53.5 Å². The molecule has 27 heavy (non-hydrogen) atoms. The molecule has 2 rings (SSSR count). The molecule has 0 spiro atoms. The van der Waals surface area contributed by atoms with Crippen molar-refractivity contribution in [2.75, 3.05) is 19.7 Å². The van der Waals surface area contributed by atoms with Crippen LogP contribution in [0, 0.1) is 19.8 Å². The first-order chi connectivity index (χ1) is 12.7. The van der Waals surface area contributed by atoms with Crippen LogP contribution in [0.3, 0.4) is 0 Å². The van der Waals surface area contributed by atoms with E-state index in [0.29, 0.717) is 24.4 Å². The van der Waals surface area contributed by atoms with E-state index in [1.165, 1.54) is 0 Å². The summed E-state index contributed by atoms with van der Waals surface area (Å²) in [5.74, 6) is -0.592. The van der Waals surface area contributed by atoms with Crippen LogP contribution < -0.4 is 10.1 Å². The second kappa shape index (κ2) is 8.88. The molecule has 1 aromatic rings. The molecule has 0 aromatic heterocycles. The molecule has 1 fully saturated rings. The number of amides is 2. The van der Waals surface area contributed by atoms with Gasteiger partial charge in [-0.2, -0.15) is 0 Å². The zero-order valence-electron chi connectivity index (χ0n) is 16.4. The summed E-state index contributed by atoms with van der Waals surface area (Å²) in [5.41, 5.74) is 2.04. The smallest absolute Gasteiger partial charge is 0.341 e. The Bertz CT molecular complexity index is 698. The van der Waals surface area contributed by atoms with Crippen molar-refractivity contribution < 1.29 is 24.2 Å². The molecule has 0 saturated carbocycles. The molecule has 7 nitrogen and oxygen atoms in total. The molecule has 0 aliphatic carbocycles. The number of aryl methyl sites for hydroxylation is 2. The molecule has 1 aromatic carbocycles. The highest BCUT2D eigenvalue weighted by atomic mass is 16.5. The Morgan fingerprint density at radius 3 is 2.22 bits per heavy atom. The van der Waals surface area contributed by atoms with E-state index in [2.05, 4.69) is 5.32 Å². The van der Waals surface area contributed by atoms with Crippen LogP contribution in [0.2, 0.25) is 0 Å². The van der Waals surface area contributed by atoms with Crippen molar-refractivity contribution >= 4 is 17.8 Å². The number of carbonyl (C=O) groups is 3. The van der Waals surface area contributed by atoms with Crippen molar-refractivity contribution in [3.05, 3.63) is 28.8 Å². The van der Waals surface area contributed by atoms with Crippen LogP contribution >= 0.6 is 0 Å². The minimum Gasteiger partial charge on any atom is -0.481 e. The van der Waals surface area contributed by atoms with Gasteiger partial charge in [0.05, 0.1) is 0 Å². The molecule has 7 heteroatoms. The molecule has 148 valence electrons. The summed E-state index contributed by atoms with van der Waals surface area (Å²) in [6, 6.07) is 3.58. The van der Waals surface area contributed by atoms with Gasteiger partial charge < -0.3 is 20.1 Å². The molecule has 0 radical (unpaired) electrons. The van der Waals surface area contributed by atoms with Crippen LogP contribution in [0.1, 0.15) is 48.2 Å². The highest BCUT2D eigenvalue weighted by Crippen LogP contribution is 2.26. The van der Waals surface area contributed by atoms with Crippen molar-refractivity contribution in [1.29, 1.82) is 0 Å². The number of carboxylic acid groups (broad SMARTS) is 1. The highest BCUT2D eigenvalue weighted by molar-refractivity contribution is 5.95. The van der Waals surface area contributed by atoms with Crippen molar-refractivity contribution in [2.45, 2.75) is 46.6 Å². The third-order valence-corrected chi connectivity index (χ3v) is 4.70. The number of hydrogen-bond donors (Lipinski definition) is 2. The van der Waals surface area contributed by atoms with E-state index in [4.69, 9.17) is 9.84 Å². The van der Waals surface area contributed by atoms with E-state index in [-0.39, 0.29) is 23.8 Å². The van der Waals surface area contributed by atoms with Crippen LogP contribution in [0.25, 0.3) is 0 Å². The summed E-state index contributed by atoms with van der Waals surface area (Å²) in [5, 5.41) is 11.8. The topological polar surface area (TPSA) is 95.9 Å². The van der Waals surface area contributed by atoms with Crippen LogP contribution in [0.15, 0.2) is 12.1 Å². The van der Waals surface area contributed by atoms with Crippen LogP contribution in [0.4, 0.5) is 0 Å². The number of benzene rings is 1. The molecule has 1 heterocycles. The summed E-state index contributed by atoms with van der Waals surface area (Å²) in [4.78, 5) is 37.1. The van der Waals surface area contributed by atoms with Crippen molar-refractivity contribution in [2.24, 2.45) is 5.92 Å². The fourth-order valence-corrected chi connectivity index (χ4v) is 3.21. The maximum atomic E-state index is 12.8. The van der Waals surface area contributed by atoms with Crippen LogP contribution in [0.5, 0.6) is 5.75 Å². The van der Waals surface area contributed by atoms with E-state index in [1.807, 2.05) is 13.8 Å². The van der Waals surface area contributed by atoms with E-state index < -0.39 is 12.6 Å². The zero-order valence-corrected chi connectivity index (χ0v) is 16.4. The van der Waals surface area contributed by atoms with E-state index in [0.717, 1.165) is 24.0 Å². The Balaban J connectivity index is 2.00. The largest absolute Gasteiger partial charge is 0.481 e. The number of carboxylic acids is 1. The second-order valence-corrected chi connectivity index (χ2v) is 7.35. The predicted molar refractivity (Wildman–Crippen MR) is 101 cm³/mol. The quantitative estimate of drug-likeness (QED) is 0.793. The number of ether oxygens (including phenoxy) is 1. The number of aliphatic carboxylic acids is 1. The van der Waals surface area contributed by atoms with E-state index in [9.17, 15) is 14.4 Å². The summed E-state index contributed by atoms with van der Waals surface area (Å²) >= 11 is 0. The number of carbonyl (C=O) groups excluding carboxylic acids is 2. The Labute approximate surface area is 159 Å². The molecule has 0 atom stereocenters. The Hall–Kier alpha value is -2.57. The first-order valence-corrected chi connectivity index (χ1v) is 9.24. The summed E-state index contributed by atoms with van der Waals surface area (Å²) < 4.78 is 5.31. The van der Waals surface area contributed by atoms with E-state index in [1.54, 1.807) is 30.9 Å². The molecule has 1 aliphatic heterocycles. The third-order valence-electron chi connectivity index (χ3n) is 4.70.